The molecule has 2 N–H and O–H groups in total. The van der Waals surface area contributed by atoms with Gasteiger partial charge in [0.05, 0.1) is 0 Å². The van der Waals surface area contributed by atoms with Crippen molar-refractivity contribution in [2.75, 3.05) is 6.54 Å². The molecule has 0 saturated heterocycles. The molecule has 1 aromatic heterocycles. The van der Waals surface area contributed by atoms with Crippen molar-refractivity contribution in [1.29, 1.82) is 0 Å². The minimum Gasteiger partial charge on any atom is -0.330 e. The summed E-state index contributed by atoms with van der Waals surface area (Å²) in [6.07, 6.45) is 5.14. The Morgan fingerprint density at radius 3 is 3.00 bits per heavy atom. The van der Waals surface area contributed by atoms with Crippen LogP contribution in [0.3, 0.4) is 0 Å². The maximum absolute atomic E-state index is 5.77. The number of nitrogens with zero attached hydrogens (tertiary/aromatic N) is 2. The molecule has 1 aliphatic carbocycles. The second kappa shape index (κ2) is 5.62. The van der Waals surface area contributed by atoms with Crippen molar-refractivity contribution in [3.63, 3.8) is 0 Å². The largest absolute Gasteiger partial charge is 0.330 e. The highest BCUT2D eigenvalue weighted by Gasteiger charge is 2.20. The van der Waals surface area contributed by atoms with E-state index in [0.29, 0.717) is 5.92 Å². The van der Waals surface area contributed by atoms with Crippen LogP contribution in [0.15, 0.2) is 28.9 Å². The first kappa shape index (κ1) is 13.7. The average Bonchev–Trinajstić information content (AvgIpc) is 2.46. The molecule has 0 fully saturated rings. The summed E-state index contributed by atoms with van der Waals surface area (Å²) in [5.41, 5.74) is 10.5. The molecule has 0 spiro atoms. The zero-order chi connectivity index (χ0) is 14.1. The van der Waals surface area contributed by atoms with E-state index in [2.05, 4.69) is 46.0 Å². The van der Waals surface area contributed by atoms with Crippen LogP contribution in [0.1, 0.15) is 23.2 Å². The van der Waals surface area contributed by atoms with Gasteiger partial charge in [0.1, 0.15) is 0 Å². The van der Waals surface area contributed by atoms with E-state index >= 15 is 0 Å². The van der Waals surface area contributed by atoms with Crippen LogP contribution in [0, 0.1) is 12.8 Å². The number of halogens is 1. The lowest BCUT2D eigenvalue weighted by Crippen LogP contribution is -2.23. The van der Waals surface area contributed by atoms with Crippen LogP contribution >= 0.6 is 15.9 Å². The van der Waals surface area contributed by atoms with E-state index in [4.69, 9.17) is 10.7 Å². The second-order valence-corrected chi connectivity index (χ2v) is 6.35. The zero-order valence-electron chi connectivity index (χ0n) is 11.6. The summed E-state index contributed by atoms with van der Waals surface area (Å²) in [5.74, 6) is 1.39. The quantitative estimate of drug-likeness (QED) is 0.918. The predicted octanol–water partition coefficient (Wildman–Crippen LogP) is 3.28. The number of rotatable bonds is 2. The lowest BCUT2D eigenvalue weighted by Gasteiger charge is -2.22. The zero-order valence-corrected chi connectivity index (χ0v) is 13.2. The van der Waals surface area contributed by atoms with Gasteiger partial charge in [-0.15, -0.1) is 0 Å². The Hall–Kier alpha value is -1.26. The van der Waals surface area contributed by atoms with E-state index in [9.17, 15) is 0 Å². The Morgan fingerprint density at radius 1 is 1.40 bits per heavy atom. The fourth-order valence-corrected chi connectivity index (χ4v) is 3.39. The molecule has 0 saturated carbocycles. The van der Waals surface area contributed by atoms with Crippen LogP contribution in [0.4, 0.5) is 0 Å². The standard InChI is InChI=1S/C16H18BrN3/c1-10-2-4-13(14(17)6-10)16-19-9-12-7-11(8-18)3-5-15(12)20-16/h2,4,6,9,11H,3,5,7-8,18H2,1H3. The normalized spacial score (nSPS) is 17.9. The molecule has 1 heterocycles. The van der Waals surface area contributed by atoms with Gasteiger partial charge < -0.3 is 5.73 Å². The molecule has 4 heteroatoms. The first-order chi connectivity index (χ1) is 9.67. The maximum Gasteiger partial charge on any atom is 0.160 e. The highest BCUT2D eigenvalue weighted by Crippen LogP contribution is 2.29. The minimum absolute atomic E-state index is 0.586. The van der Waals surface area contributed by atoms with E-state index in [1.165, 1.54) is 16.8 Å². The molecule has 2 aromatic rings. The summed E-state index contributed by atoms with van der Waals surface area (Å²) in [5, 5.41) is 0. The van der Waals surface area contributed by atoms with E-state index in [1.807, 2.05) is 6.20 Å². The summed E-state index contributed by atoms with van der Waals surface area (Å²) in [6.45, 7) is 2.83. The number of benzene rings is 1. The lowest BCUT2D eigenvalue weighted by atomic mass is 9.87. The summed E-state index contributed by atoms with van der Waals surface area (Å²) in [6, 6.07) is 6.27. The van der Waals surface area contributed by atoms with E-state index in [0.717, 1.165) is 41.7 Å². The number of aryl methyl sites for hydroxylation is 2. The Bertz CT molecular complexity index is 640. The molecule has 1 unspecified atom stereocenters. The van der Waals surface area contributed by atoms with Gasteiger partial charge in [0.15, 0.2) is 5.82 Å². The summed E-state index contributed by atoms with van der Waals surface area (Å²) >= 11 is 3.60. The minimum atomic E-state index is 0.586. The number of hydrogen-bond donors (Lipinski definition) is 1. The molecule has 1 aliphatic rings. The third-order valence-electron chi connectivity index (χ3n) is 3.95. The van der Waals surface area contributed by atoms with Crippen LogP contribution < -0.4 is 5.73 Å². The van der Waals surface area contributed by atoms with Crippen LogP contribution in [0.25, 0.3) is 11.4 Å². The fourth-order valence-electron chi connectivity index (χ4n) is 2.72. The van der Waals surface area contributed by atoms with Crippen molar-refractivity contribution in [1.82, 2.24) is 9.97 Å². The van der Waals surface area contributed by atoms with Crippen molar-refractivity contribution < 1.29 is 0 Å². The first-order valence-electron chi connectivity index (χ1n) is 6.98. The SMILES string of the molecule is Cc1ccc(-c2ncc3c(n2)CCC(CN)C3)c(Br)c1. The fraction of sp³-hybridized carbons (Fsp3) is 0.375. The topological polar surface area (TPSA) is 51.8 Å². The number of aromatic nitrogens is 2. The predicted molar refractivity (Wildman–Crippen MR) is 84.5 cm³/mol. The van der Waals surface area contributed by atoms with Gasteiger partial charge in [-0.05, 0) is 61.9 Å². The molecule has 20 heavy (non-hydrogen) atoms. The molecule has 1 atom stereocenters. The average molecular weight is 332 g/mol. The van der Waals surface area contributed by atoms with Gasteiger partial charge >= 0.3 is 0 Å². The van der Waals surface area contributed by atoms with Gasteiger partial charge in [-0.25, -0.2) is 9.97 Å². The number of hydrogen-bond acceptors (Lipinski definition) is 3. The summed E-state index contributed by atoms with van der Waals surface area (Å²) in [4.78, 5) is 9.30. The van der Waals surface area contributed by atoms with Gasteiger partial charge in [-0.2, -0.15) is 0 Å². The molecular formula is C16H18BrN3. The van der Waals surface area contributed by atoms with Gasteiger partial charge in [0.2, 0.25) is 0 Å². The highest BCUT2D eigenvalue weighted by atomic mass is 79.9. The first-order valence-corrected chi connectivity index (χ1v) is 7.78. The van der Waals surface area contributed by atoms with Gasteiger partial charge in [0, 0.05) is 21.9 Å². The van der Waals surface area contributed by atoms with Crippen LogP contribution in [0.5, 0.6) is 0 Å². The molecule has 104 valence electrons. The van der Waals surface area contributed by atoms with Crippen molar-refractivity contribution in [3.05, 3.63) is 45.7 Å². The maximum atomic E-state index is 5.77. The molecule has 3 nitrogen and oxygen atoms in total. The Morgan fingerprint density at radius 2 is 2.25 bits per heavy atom. The third-order valence-corrected chi connectivity index (χ3v) is 4.61. The molecule has 0 radical (unpaired) electrons. The molecule has 0 amide bonds. The third kappa shape index (κ3) is 2.63. The van der Waals surface area contributed by atoms with Crippen molar-refractivity contribution >= 4 is 15.9 Å². The van der Waals surface area contributed by atoms with Gasteiger partial charge in [0.25, 0.3) is 0 Å². The highest BCUT2D eigenvalue weighted by molar-refractivity contribution is 9.10. The van der Waals surface area contributed by atoms with Crippen LogP contribution in [-0.2, 0) is 12.8 Å². The van der Waals surface area contributed by atoms with Gasteiger partial charge in [-0.3, -0.25) is 0 Å². The molecule has 0 aliphatic heterocycles. The number of fused-ring (bicyclic) bond motifs is 1. The van der Waals surface area contributed by atoms with E-state index < -0.39 is 0 Å². The smallest absolute Gasteiger partial charge is 0.160 e. The number of nitrogens with two attached hydrogens (primary N) is 1. The van der Waals surface area contributed by atoms with Crippen LogP contribution in [0.2, 0.25) is 0 Å². The Kier molecular flexibility index (Phi) is 3.85. The Balaban J connectivity index is 1.97. The van der Waals surface area contributed by atoms with Crippen LogP contribution in [-0.4, -0.2) is 16.5 Å². The summed E-state index contributed by atoms with van der Waals surface area (Å²) in [7, 11) is 0. The van der Waals surface area contributed by atoms with E-state index in [-0.39, 0.29) is 0 Å². The molecular weight excluding hydrogens is 314 g/mol. The van der Waals surface area contributed by atoms with E-state index in [1.54, 1.807) is 0 Å². The second-order valence-electron chi connectivity index (χ2n) is 5.49. The van der Waals surface area contributed by atoms with Crippen molar-refractivity contribution in [3.8, 4) is 11.4 Å². The molecule has 3 rings (SSSR count). The molecule has 0 bridgehead atoms. The van der Waals surface area contributed by atoms with Crippen molar-refractivity contribution in [2.24, 2.45) is 11.7 Å². The Labute approximate surface area is 127 Å². The lowest BCUT2D eigenvalue weighted by molar-refractivity contribution is 0.462. The van der Waals surface area contributed by atoms with Gasteiger partial charge in [-0.1, -0.05) is 22.0 Å². The summed E-state index contributed by atoms with van der Waals surface area (Å²) < 4.78 is 1.05. The monoisotopic (exact) mass is 331 g/mol. The molecule has 1 aromatic carbocycles. The van der Waals surface area contributed by atoms with Crippen molar-refractivity contribution in [2.45, 2.75) is 26.2 Å².